The SMILES string of the molecule is Fc1cccc(CCl)c1-c1cccnc1. The zero-order valence-corrected chi connectivity index (χ0v) is 8.71. The number of pyridine rings is 1. The van der Waals surface area contributed by atoms with E-state index in [1.54, 1.807) is 24.5 Å². The van der Waals surface area contributed by atoms with Gasteiger partial charge in [-0.1, -0.05) is 18.2 Å². The lowest BCUT2D eigenvalue weighted by Gasteiger charge is -2.07. The van der Waals surface area contributed by atoms with Crippen molar-refractivity contribution in [2.24, 2.45) is 0 Å². The van der Waals surface area contributed by atoms with Crippen LogP contribution in [0.4, 0.5) is 4.39 Å². The molecule has 1 aromatic carbocycles. The van der Waals surface area contributed by atoms with Gasteiger partial charge in [0.2, 0.25) is 0 Å². The van der Waals surface area contributed by atoms with E-state index in [4.69, 9.17) is 11.6 Å². The number of benzene rings is 1. The van der Waals surface area contributed by atoms with Crippen molar-refractivity contribution >= 4 is 11.6 Å². The quantitative estimate of drug-likeness (QED) is 0.706. The Bertz CT molecular complexity index is 456. The second kappa shape index (κ2) is 4.41. The number of alkyl halides is 1. The van der Waals surface area contributed by atoms with Gasteiger partial charge in [-0.05, 0) is 17.7 Å². The fraction of sp³-hybridized carbons (Fsp3) is 0.0833. The Morgan fingerprint density at radius 2 is 2.07 bits per heavy atom. The van der Waals surface area contributed by atoms with Crippen LogP contribution in [0.2, 0.25) is 0 Å². The van der Waals surface area contributed by atoms with E-state index in [0.29, 0.717) is 11.4 Å². The number of nitrogens with zero attached hydrogens (tertiary/aromatic N) is 1. The molecule has 0 radical (unpaired) electrons. The number of halogens is 2. The molecule has 0 saturated carbocycles. The van der Waals surface area contributed by atoms with Gasteiger partial charge in [-0.3, -0.25) is 4.98 Å². The summed E-state index contributed by atoms with van der Waals surface area (Å²) in [4.78, 5) is 3.97. The third kappa shape index (κ3) is 2.00. The second-order valence-electron chi connectivity index (χ2n) is 3.15. The third-order valence-corrected chi connectivity index (χ3v) is 2.48. The second-order valence-corrected chi connectivity index (χ2v) is 3.42. The Balaban J connectivity index is 2.61. The highest BCUT2D eigenvalue weighted by Gasteiger charge is 2.09. The van der Waals surface area contributed by atoms with Crippen LogP contribution in [-0.4, -0.2) is 4.98 Å². The summed E-state index contributed by atoms with van der Waals surface area (Å²) in [6, 6.07) is 8.50. The average Bonchev–Trinajstić information content (AvgIpc) is 2.29. The fourth-order valence-electron chi connectivity index (χ4n) is 1.51. The van der Waals surface area contributed by atoms with Crippen LogP contribution in [0.5, 0.6) is 0 Å². The average molecular weight is 222 g/mol. The first-order chi connectivity index (χ1) is 7.33. The molecule has 0 N–H and O–H groups in total. The van der Waals surface area contributed by atoms with E-state index in [9.17, 15) is 4.39 Å². The van der Waals surface area contributed by atoms with Crippen molar-refractivity contribution in [2.75, 3.05) is 0 Å². The summed E-state index contributed by atoms with van der Waals surface area (Å²) in [5.41, 5.74) is 2.08. The summed E-state index contributed by atoms with van der Waals surface area (Å²) in [5, 5.41) is 0. The van der Waals surface area contributed by atoms with Gasteiger partial charge in [0.1, 0.15) is 5.82 Å². The fourth-order valence-corrected chi connectivity index (χ4v) is 1.74. The number of hydrogen-bond donors (Lipinski definition) is 0. The molecular formula is C12H9ClFN. The van der Waals surface area contributed by atoms with Gasteiger partial charge >= 0.3 is 0 Å². The van der Waals surface area contributed by atoms with Crippen molar-refractivity contribution in [1.82, 2.24) is 4.98 Å². The first kappa shape index (κ1) is 10.1. The van der Waals surface area contributed by atoms with E-state index in [1.807, 2.05) is 12.1 Å². The molecule has 2 rings (SSSR count). The Labute approximate surface area is 92.5 Å². The molecule has 2 aromatic rings. The summed E-state index contributed by atoms with van der Waals surface area (Å²) in [6.07, 6.45) is 3.29. The van der Waals surface area contributed by atoms with E-state index < -0.39 is 0 Å². The molecule has 0 bridgehead atoms. The van der Waals surface area contributed by atoms with Crippen LogP contribution in [-0.2, 0) is 5.88 Å². The molecule has 0 unspecified atom stereocenters. The standard InChI is InChI=1S/C12H9ClFN/c13-7-9-3-1-5-11(14)12(9)10-4-2-6-15-8-10/h1-6,8H,7H2. The van der Waals surface area contributed by atoms with Crippen molar-refractivity contribution in [3.8, 4) is 11.1 Å². The Morgan fingerprint density at radius 3 is 2.73 bits per heavy atom. The molecule has 1 heterocycles. The van der Waals surface area contributed by atoms with Gasteiger partial charge in [0.05, 0.1) is 0 Å². The van der Waals surface area contributed by atoms with Crippen LogP contribution in [0.25, 0.3) is 11.1 Å². The van der Waals surface area contributed by atoms with Crippen molar-refractivity contribution in [2.45, 2.75) is 5.88 Å². The summed E-state index contributed by atoms with van der Waals surface area (Å²) in [5.74, 6) is 0.0308. The summed E-state index contributed by atoms with van der Waals surface area (Å²) < 4.78 is 13.6. The van der Waals surface area contributed by atoms with Gasteiger partial charge in [0, 0.05) is 29.4 Å². The molecule has 0 aliphatic rings. The highest BCUT2D eigenvalue weighted by atomic mass is 35.5. The monoisotopic (exact) mass is 221 g/mol. The molecule has 0 atom stereocenters. The molecule has 0 fully saturated rings. The maximum Gasteiger partial charge on any atom is 0.131 e. The first-order valence-corrected chi connectivity index (χ1v) is 5.10. The van der Waals surface area contributed by atoms with Crippen LogP contribution in [0, 0.1) is 5.82 Å². The highest BCUT2D eigenvalue weighted by molar-refractivity contribution is 6.17. The predicted octanol–water partition coefficient (Wildman–Crippen LogP) is 3.63. The molecule has 0 spiro atoms. The lowest BCUT2D eigenvalue weighted by molar-refractivity contribution is 0.630. The summed E-state index contributed by atoms with van der Waals surface area (Å²) in [6.45, 7) is 0. The number of aromatic nitrogens is 1. The predicted molar refractivity (Wildman–Crippen MR) is 59.2 cm³/mol. The molecule has 3 heteroatoms. The van der Waals surface area contributed by atoms with Gasteiger partial charge in [0.15, 0.2) is 0 Å². The lowest BCUT2D eigenvalue weighted by atomic mass is 10.0. The summed E-state index contributed by atoms with van der Waals surface area (Å²) in [7, 11) is 0. The molecular weight excluding hydrogens is 213 g/mol. The highest BCUT2D eigenvalue weighted by Crippen LogP contribution is 2.27. The number of rotatable bonds is 2. The van der Waals surface area contributed by atoms with E-state index in [0.717, 1.165) is 11.1 Å². The molecule has 0 amide bonds. The molecule has 15 heavy (non-hydrogen) atoms. The molecule has 0 saturated heterocycles. The minimum Gasteiger partial charge on any atom is -0.264 e. The topological polar surface area (TPSA) is 12.9 Å². The maximum absolute atomic E-state index is 13.6. The summed E-state index contributed by atoms with van der Waals surface area (Å²) >= 11 is 5.77. The van der Waals surface area contributed by atoms with Gasteiger partial charge < -0.3 is 0 Å². The van der Waals surface area contributed by atoms with Crippen molar-refractivity contribution in [3.05, 3.63) is 54.1 Å². The van der Waals surface area contributed by atoms with Gasteiger partial charge in [0.25, 0.3) is 0 Å². The smallest absolute Gasteiger partial charge is 0.131 e. The number of hydrogen-bond acceptors (Lipinski definition) is 1. The van der Waals surface area contributed by atoms with E-state index >= 15 is 0 Å². The molecule has 76 valence electrons. The van der Waals surface area contributed by atoms with Crippen molar-refractivity contribution < 1.29 is 4.39 Å². The lowest BCUT2D eigenvalue weighted by Crippen LogP contribution is -1.91. The Kier molecular flexibility index (Phi) is 2.97. The normalized spacial score (nSPS) is 10.3. The van der Waals surface area contributed by atoms with Gasteiger partial charge in [-0.25, -0.2) is 4.39 Å². The van der Waals surface area contributed by atoms with E-state index in [2.05, 4.69) is 4.98 Å². The molecule has 0 aliphatic heterocycles. The van der Waals surface area contributed by atoms with Crippen LogP contribution in [0.3, 0.4) is 0 Å². The van der Waals surface area contributed by atoms with Crippen LogP contribution < -0.4 is 0 Å². The van der Waals surface area contributed by atoms with Crippen molar-refractivity contribution in [3.63, 3.8) is 0 Å². The van der Waals surface area contributed by atoms with Gasteiger partial charge in [-0.2, -0.15) is 0 Å². The maximum atomic E-state index is 13.6. The van der Waals surface area contributed by atoms with E-state index in [-0.39, 0.29) is 5.82 Å². The van der Waals surface area contributed by atoms with Crippen LogP contribution in [0.1, 0.15) is 5.56 Å². The van der Waals surface area contributed by atoms with Crippen LogP contribution >= 0.6 is 11.6 Å². The first-order valence-electron chi connectivity index (χ1n) is 4.56. The zero-order chi connectivity index (χ0) is 10.7. The van der Waals surface area contributed by atoms with Gasteiger partial charge in [-0.15, -0.1) is 11.6 Å². The minimum absolute atomic E-state index is 0.263. The Morgan fingerprint density at radius 1 is 1.20 bits per heavy atom. The largest absolute Gasteiger partial charge is 0.264 e. The van der Waals surface area contributed by atoms with Crippen LogP contribution in [0.15, 0.2) is 42.7 Å². The molecule has 1 aromatic heterocycles. The molecule has 0 aliphatic carbocycles. The molecule has 1 nitrogen and oxygen atoms in total. The third-order valence-electron chi connectivity index (χ3n) is 2.19. The minimum atomic E-state index is -0.263. The Hall–Kier alpha value is -1.41. The zero-order valence-electron chi connectivity index (χ0n) is 7.95. The van der Waals surface area contributed by atoms with E-state index in [1.165, 1.54) is 6.07 Å². The van der Waals surface area contributed by atoms with Crippen molar-refractivity contribution in [1.29, 1.82) is 0 Å².